The lowest BCUT2D eigenvalue weighted by atomic mass is 9.88. The molecule has 1 rings (SSSR count). The van der Waals surface area contributed by atoms with Gasteiger partial charge in [-0.25, -0.2) is 0 Å². The third kappa shape index (κ3) is 4.43. The number of aliphatic imine (C=N–C) groups is 1. The molecule has 5 heteroatoms. The summed E-state index contributed by atoms with van der Waals surface area (Å²) >= 11 is 0. The molecule has 0 amide bonds. The Bertz CT molecular complexity index is 494. The van der Waals surface area contributed by atoms with Crippen molar-refractivity contribution in [2.75, 3.05) is 0 Å². The summed E-state index contributed by atoms with van der Waals surface area (Å²) in [5.41, 5.74) is 5.57. The largest absolute Gasteiger partial charge is 0.416 e. The third-order valence-corrected chi connectivity index (χ3v) is 2.57. The second-order valence-electron chi connectivity index (χ2n) is 5.18. The van der Waals surface area contributed by atoms with E-state index >= 15 is 0 Å². The van der Waals surface area contributed by atoms with Crippen LogP contribution in [0.4, 0.5) is 18.9 Å². The molecule has 1 aromatic rings. The molecule has 0 aromatic heterocycles. The summed E-state index contributed by atoms with van der Waals surface area (Å²) in [6, 6.07) is 4.87. The molecule has 0 heterocycles. The maximum Gasteiger partial charge on any atom is 0.416 e. The van der Waals surface area contributed by atoms with E-state index in [1.165, 1.54) is 24.5 Å². The number of nitrogens with zero attached hydrogens (tertiary/aromatic N) is 1. The van der Waals surface area contributed by atoms with Crippen LogP contribution in [0.3, 0.4) is 0 Å². The minimum absolute atomic E-state index is 0.208. The summed E-state index contributed by atoms with van der Waals surface area (Å²) in [7, 11) is 0. The predicted molar refractivity (Wildman–Crippen MR) is 71.3 cm³/mol. The van der Waals surface area contributed by atoms with Gasteiger partial charge in [0.15, 0.2) is 0 Å². The zero-order chi connectivity index (χ0) is 14.7. The molecule has 19 heavy (non-hydrogen) atoms. The monoisotopic (exact) mass is 270 g/mol. The van der Waals surface area contributed by atoms with Crippen LogP contribution in [-0.2, 0) is 6.18 Å². The Morgan fingerprint density at radius 3 is 2.32 bits per heavy atom. The van der Waals surface area contributed by atoms with Gasteiger partial charge < -0.3 is 5.73 Å². The average molecular weight is 270 g/mol. The molecule has 0 aliphatic rings. The summed E-state index contributed by atoms with van der Waals surface area (Å²) < 4.78 is 37.6. The normalized spacial score (nSPS) is 14.1. The van der Waals surface area contributed by atoms with Crippen LogP contribution in [0.1, 0.15) is 26.3 Å². The van der Waals surface area contributed by atoms with Gasteiger partial charge in [-0.15, -0.1) is 0 Å². The minimum Gasteiger partial charge on any atom is -0.404 e. The van der Waals surface area contributed by atoms with Crippen LogP contribution < -0.4 is 5.73 Å². The van der Waals surface area contributed by atoms with E-state index in [1.807, 2.05) is 20.8 Å². The predicted octanol–water partition coefficient (Wildman–Crippen LogP) is 4.30. The van der Waals surface area contributed by atoms with Gasteiger partial charge in [-0.2, -0.15) is 13.2 Å². The van der Waals surface area contributed by atoms with E-state index in [9.17, 15) is 13.2 Å². The van der Waals surface area contributed by atoms with Crippen molar-refractivity contribution in [3.8, 4) is 0 Å². The highest BCUT2D eigenvalue weighted by molar-refractivity contribution is 5.82. The molecule has 0 fully saturated rings. The standard InChI is InChI=1S/C14H17F3N2/c1-13(2,3)11(8-18)9-19-12-6-4-5-10(7-12)14(15,16)17/h4-9H,18H2,1-3H3/b11-8+,19-9?. The second-order valence-corrected chi connectivity index (χ2v) is 5.18. The fourth-order valence-electron chi connectivity index (χ4n) is 1.39. The number of rotatable bonds is 2. The first-order chi connectivity index (χ1) is 8.64. The Hall–Kier alpha value is -1.78. The smallest absolute Gasteiger partial charge is 0.404 e. The van der Waals surface area contributed by atoms with Gasteiger partial charge in [-0.1, -0.05) is 26.8 Å². The molecule has 0 aliphatic carbocycles. The van der Waals surface area contributed by atoms with Crippen molar-refractivity contribution in [1.82, 2.24) is 0 Å². The fourth-order valence-corrected chi connectivity index (χ4v) is 1.39. The molecule has 0 spiro atoms. The van der Waals surface area contributed by atoms with E-state index in [4.69, 9.17) is 5.73 Å². The van der Waals surface area contributed by atoms with Crippen LogP contribution in [0.5, 0.6) is 0 Å². The maximum atomic E-state index is 12.5. The van der Waals surface area contributed by atoms with Crippen LogP contribution in [-0.4, -0.2) is 6.21 Å². The quantitative estimate of drug-likeness (QED) is 0.799. The summed E-state index contributed by atoms with van der Waals surface area (Å²) in [6.45, 7) is 5.84. The van der Waals surface area contributed by atoms with Crippen molar-refractivity contribution in [2.45, 2.75) is 26.9 Å². The molecular weight excluding hydrogens is 253 g/mol. The number of alkyl halides is 3. The molecule has 0 atom stereocenters. The fraction of sp³-hybridized carbons (Fsp3) is 0.357. The number of hydrogen-bond acceptors (Lipinski definition) is 2. The maximum absolute atomic E-state index is 12.5. The molecule has 2 N–H and O–H groups in total. The van der Waals surface area contributed by atoms with Crippen LogP contribution >= 0.6 is 0 Å². The van der Waals surface area contributed by atoms with Gasteiger partial charge in [0.1, 0.15) is 0 Å². The molecule has 0 radical (unpaired) electrons. The lowest BCUT2D eigenvalue weighted by Crippen LogP contribution is -2.12. The van der Waals surface area contributed by atoms with Gasteiger partial charge in [0.2, 0.25) is 0 Å². The van der Waals surface area contributed by atoms with Gasteiger partial charge >= 0.3 is 6.18 Å². The van der Waals surface area contributed by atoms with Crippen LogP contribution in [0, 0.1) is 5.41 Å². The van der Waals surface area contributed by atoms with Gasteiger partial charge in [-0.3, -0.25) is 4.99 Å². The minimum atomic E-state index is -4.36. The SMILES string of the molecule is CC(C)(C)/C(C=Nc1cccc(C(F)(F)F)c1)=C/N. The summed E-state index contributed by atoms with van der Waals surface area (Å²) in [6.07, 6.45) is -1.45. The lowest BCUT2D eigenvalue weighted by molar-refractivity contribution is -0.137. The number of benzene rings is 1. The Labute approximate surface area is 110 Å². The van der Waals surface area contributed by atoms with Gasteiger partial charge in [-0.05, 0) is 35.4 Å². The van der Waals surface area contributed by atoms with E-state index in [-0.39, 0.29) is 11.1 Å². The Morgan fingerprint density at radius 1 is 1.21 bits per heavy atom. The zero-order valence-electron chi connectivity index (χ0n) is 11.1. The van der Waals surface area contributed by atoms with E-state index in [2.05, 4.69) is 4.99 Å². The van der Waals surface area contributed by atoms with Crippen LogP contribution in [0.2, 0.25) is 0 Å². The molecule has 0 saturated carbocycles. The van der Waals surface area contributed by atoms with E-state index in [0.29, 0.717) is 0 Å². The number of allylic oxidation sites excluding steroid dienone is 1. The van der Waals surface area contributed by atoms with Crippen molar-refractivity contribution in [3.05, 3.63) is 41.6 Å². The van der Waals surface area contributed by atoms with E-state index in [1.54, 1.807) is 0 Å². The number of nitrogens with two attached hydrogens (primary N) is 1. The molecule has 104 valence electrons. The third-order valence-electron chi connectivity index (χ3n) is 2.57. The Kier molecular flexibility index (Phi) is 4.39. The van der Waals surface area contributed by atoms with Gasteiger partial charge in [0.25, 0.3) is 0 Å². The van der Waals surface area contributed by atoms with Crippen molar-refractivity contribution >= 4 is 11.9 Å². The first-order valence-corrected chi connectivity index (χ1v) is 5.78. The van der Waals surface area contributed by atoms with E-state index < -0.39 is 11.7 Å². The average Bonchev–Trinajstić information content (AvgIpc) is 2.27. The van der Waals surface area contributed by atoms with Gasteiger partial charge in [0, 0.05) is 6.21 Å². The first-order valence-electron chi connectivity index (χ1n) is 5.78. The summed E-state index contributed by atoms with van der Waals surface area (Å²) in [5.74, 6) is 0. The van der Waals surface area contributed by atoms with Crippen molar-refractivity contribution in [1.29, 1.82) is 0 Å². The molecule has 0 aliphatic heterocycles. The highest BCUT2D eigenvalue weighted by Crippen LogP contribution is 2.31. The van der Waals surface area contributed by atoms with Crippen LogP contribution in [0.25, 0.3) is 0 Å². The molecule has 0 unspecified atom stereocenters. The van der Waals surface area contributed by atoms with Crippen LogP contribution in [0.15, 0.2) is 41.0 Å². The number of hydrogen-bond donors (Lipinski definition) is 1. The molecule has 0 bridgehead atoms. The Balaban J connectivity index is 3.01. The highest BCUT2D eigenvalue weighted by atomic mass is 19.4. The van der Waals surface area contributed by atoms with E-state index in [0.717, 1.165) is 17.7 Å². The van der Waals surface area contributed by atoms with Gasteiger partial charge in [0.05, 0.1) is 11.3 Å². The zero-order valence-corrected chi connectivity index (χ0v) is 11.1. The number of halogens is 3. The van der Waals surface area contributed by atoms with Crippen molar-refractivity contribution < 1.29 is 13.2 Å². The van der Waals surface area contributed by atoms with Crippen molar-refractivity contribution in [3.63, 3.8) is 0 Å². The molecule has 0 saturated heterocycles. The summed E-state index contributed by atoms with van der Waals surface area (Å²) in [4.78, 5) is 4.04. The second kappa shape index (κ2) is 5.47. The topological polar surface area (TPSA) is 38.4 Å². The molecule has 1 aromatic carbocycles. The molecular formula is C14H17F3N2. The molecule has 2 nitrogen and oxygen atoms in total. The Morgan fingerprint density at radius 2 is 1.84 bits per heavy atom. The highest BCUT2D eigenvalue weighted by Gasteiger charge is 2.30. The lowest BCUT2D eigenvalue weighted by Gasteiger charge is -2.18. The first kappa shape index (κ1) is 15.3. The summed E-state index contributed by atoms with van der Waals surface area (Å²) in [5, 5.41) is 0. The van der Waals surface area contributed by atoms with Crippen molar-refractivity contribution in [2.24, 2.45) is 16.1 Å².